The molecule has 0 aromatic heterocycles. The molecule has 0 radical (unpaired) electrons. The minimum absolute atomic E-state index is 0.0439. The molecule has 1 N–H and O–H groups in total. The summed E-state index contributed by atoms with van der Waals surface area (Å²) in [5.74, 6) is 0. The Hall–Kier alpha value is -0.370. The molecule has 17 heavy (non-hydrogen) atoms. The van der Waals surface area contributed by atoms with Crippen molar-refractivity contribution < 1.29 is 28.8 Å². The van der Waals surface area contributed by atoms with E-state index in [1.165, 1.54) is 0 Å². The predicted octanol–water partition coefficient (Wildman–Crippen LogP) is -0.147. The van der Waals surface area contributed by atoms with Gasteiger partial charge >= 0.3 is 0 Å². The minimum Gasteiger partial charge on any atom is -0.394 e. The van der Waals surface area contributed by atoms with Gasteiger partial charge in [0.25, 0.3) is 0 Å². The molecule has 0 atom stereocenters. The molecule has 0 aliphatic heterocycles. The third kappa shape index (κ3) is 15.6. The summed E-state index contributed by atoms with van der Waals surface area (Å²) < 4.78 is 25.2. The molecule has 6 heteroatoms. The summed E-state index contributed by atoms with van der Waals surface area (Å²) in [6.45, 7) is 4.60. The molecule has 0 aromatic rings. The van der Waals surface area contributed by atoms with Crippen molar-refractivity contribution in [1.82, 2.24) is 0 Å². The van der Waals surface area contributed by atoms with E-state index in [4.69, 9.17) is 24.1 Å². The van der Waals surface area contributed by atoms with Crippen LogP contribution < -0.4 is 0 Å². The zero-order chi connectivity index (χ0) is 12.6. The molecular formula is C11H23O6+. The molecular weight excluding hydrogens is 228 g/mol. The van der Waals surface area contributed by atoms with Crippen LogP contribution in [0.15, 0.2) is 0 Å². The van der Waals surface area contributed by atoms with Gasteiger partial charge in [-0.15, -0.1) is 0 Å². The highest BCUT2D eigenvalue weighted by molar-refractivity contribution is 4.35. The molecule has 6 nitrogen and oxygen atoms in total. The molecule has 0 aromatic carbocycles. The van der Waals surface area contributed by atoms with E-state index in [-0.39, 0.29) is 6.61 Å². The lowest BCUT2D eigenvalue weighted by Gasteiger charge is -2.06. The Morgan fingerprint density at radius 1 is 0.588 bits per heavy atom. The van der Waals surface area contributed by atoms with Gasteiger partial charge in [0.15, 0.2) is 0 Å². The fourth-order valence-corrected chi connectivity index (χ4v) is 0.944. The van der Waals surface area contributed by atoms with Crippen molar-refractivity contribution in [2.24, 2.45) is 0 Å². The van der Waals surface area contributed by atoms with Gasteiger partial charge in [-0.3, -0.25) is 0 Å². The Labute approximate surface area is 103 Å². The van der Waals surface area contributed by atoms with E-state index >= 15 is 0 Å². The second-order valence-electron chi connectivity index (χ2n) is 3.08. The lowest BCUT2D eigenvalue weighted by atomic mass is 10.7. The smallest absolute Gasteiger partial charge is 0.213 e. The third-order valence-electron chi connectivity index (χ3n) is 1.72. The number of rotatable bonds is 14. The quantitative estimate of drug-likeness (QED) is 0.342. The third-order valence-corrected chi connectivity index (χ3v) is 1.72. The van der Waals surface area contributed by atoms with Gasteiger partial charge < -0.3 is 24.1 Å². The van der Waals surface area contributed by atoms with Crippen molar-refractivity contribution in [3.63, 3.8) is 0 Å². The first-order valence-electron chi connectivity index (χ1n) is 5.70. The van der Waals surface area contributed by atoms with Crippen molar-refractivity contribution in [1.29, 1.82) is 0 Å². The van der Waals surface area contributed by atoms with Crippen LogP contribution in [0.3, 0.4) is 0 Å². The number of aliphatic hydroxyl groups is 1. The maximum absolute atomic E-state index is 8.43. The fraction of sp³-hybridized carbons (Fsp3) is 0.909. The van der Waals surface area contributed by atoms with E-state index in [2.05, 4.69) is 11.8 Å². The maximum atomic E-state index is 8.43. The van der Waals surface area contributed by atoms with Crippen LogP contribution in [0.2, 0.25) is 0 Å². The Bertz CT molecular complexity index is 119. The molecule has 0 aliphatic rings. The van der Waals surface area contributed by atoms with Crippen molar-refractivity contribution in [2.45, 2.75) is 0 Å². The second kappa shape index (κ2) is 15.6. The number of hydrogen-bond donors (Lipinski definition) is 1. The summed E-state index contributed by atoms with van der Waals surface area (Å²) in [7, 11) is 3.23. The van der Waals surface area contributed by atoms with E-state index in [0.717, 1.165) is 0 Å². The van der Waals surface area contributed by atoms with Crippen LogP contribution in [-0.4, -0.2) is 71.2 Å². The van der Waals surface area contributed by atoms with E-state index < -0.39 is 0 Å². The van der Waals surface area contributed by atoms with Gasteiger partial charge in [0.05, 0.1) is 59.5 Å². The van der Waals surface area contributed by atoms with Gasteiger partial charge in [-0.2, -0.15) is 4.74 Å². The number of ether oxygens (including phenoxy) is 5. The molecule has 0 spiro atoms. The van der Waals surface area contributed by atoms with Gasteiger partial charge in [0, 0.05) is 0 Å². The average molecular weight is 251 g/mol. The highest BCUT2D eigenvalue weighted by atomic mass is 16.6. The standard InChI is InChI=1S/C11H23O6/c1-13-4-5-15-8-9-17-11-10-16-7-6-14-3-2-12/h12H,1-11H2/q+1. The van der Waals surface area contributed by atoms with Crippen molar-refractivity contribution >= 4 is 0 Å². The summed E-state index contributed by atoms with van der Waals surface area (Å²) >= 11 is 0. The summed E-state index contributed by atoms with van der Waals surface area (Å²) in [5, 5.41) is 8.43. The van der Waals surface area contributed by atoms with E-state index in [1.807, 2.05) is 0 Å². The SMILES string of the molecule is [CH2+]OCCOCCOCCOCCOCCO. The lowest BCUT2D eigenvalue weighted by molar-refractivity contribution is -0.00928. The number of hydrogen-bond acceptors (Lipinski definition) is 6. The summed E-state index contributed by atoms with van der Waals surface area (Å²) in [6.07, 6.45) is 0. The topological polar surface area (TPSA) is 66.4 Å². The van der Waals surface area contributed by atoms with Crippen LogP contribution in [-0.2, 0) is 23.7 Å². The van der Waals surface area contributed by atoms with Crippen LogP contribution >= 0.6 is 0 Å². The van der Waals surface area contributed by atoms with E-state index in [1.54, 1.807) is 0 Å². The highest BCUT2D eigenvalue weighted by Gasteiger charge is 1.92. The van der Waals surface area contributed by atoms with Crippen molar-refractivity contribution in [3.05, 3.63) is 7.11 Å². The van der Waals surface area contributed by atoms with Gasteiger partial charge in [-0.1, -0.05) is 0 Å². The fourth-order valence-electron chi connectivity index (χ4n) is 0.944. The van der Waals surface area contributed by atoms with Crippen molar-refractivity contribution in [3.8, 4) is 0 Å². The molecule has 102 valence electrons. The molecule has 0 saturated heterocycles. The normalized spacial score (nSPS) is 10.9. The second-order valence-corrected chi connectivity index (χ2v) is 3.08. The molecule has 0 amide bonds. The Balaban J connectivity index is 2.85. The zero-order valence-electron chi connectivity index (χ0n) is 10.3. The molecule has 0 saturated carbocycles. The average Bonchev–Trinajstić information content (AvgIpc) is 2.35. The molecule has 0 fully saturated rings. The summed E-state index contributed by atoms with van der Waals surface area (Å²) in [4.78, 5) is 0. The maximum Gasteiger partial charge on any atom is 0.213 e. The number of aliphatic hydroxyl groups excluding tert-OH is 1. The van der Waals surface area contributed by atoms with Gasteiger partial charge in [0.2, 0.25) is 7.11 Å². The van der Waals surface area contributed by atoms with E-state index in [9.17, 15) is 0 Å². The summed E-state index contributed by atoms with van der Waals surface area (Å²) in [6, 6.07) is 0. The van der Waals surface area contributed by atoms with Gasteiger partial charge in [-0.05, 0) is 0 Å². The first-order valence-corrected chi connectivity index (χ1v) is 5.70. The molecule has 0 unspecified atom stereocenters. The molecule has 0 aliphatic carbocycles. The van der Waals surface area contributed by atoms with E-state index in [0.29, 0.717) is 59.5 Å². The predicted molar refractivity (Wildman–Crippen MR) is 61.7 cm³/mol. The largest absolute Gasteiger partial charge is 0.394 e. The van der Waals surface area contributed by atoms with Crippen LogP contribution in [0.25, 0.3) is 0 Å². The van der Waals surface area contributed by atoms with Gasteiger partial charge in [0.1, 0.15) is 6.61 Å². The molecule has 0 rings (SSSR count). The lowest BCUT2D eigenvalue weighted by Crippen LogP contribution is -2.13. The van der Waals surface area contributed by atoms with Gasteiger partial charge in [-0.25, -0.2) is 0 Å². The highest BCUT2D eigenvalue weighted by Crippen LogP contribution is 1.83. The Morgan fingerprint density at radius 2 is 0.941 bits per heavy atom. The zero-order valence-corrected chi connectivity index (χ0v) is 10.3. The minimum atomic E-state index is 0.0439. The molecule has 0 bridgehead atoms. The first-order chi connectivity index (χ1) is 8.41. The van der Waals surface area contributed by atoms with Crippen LogP contribution in [0.5, 0.6) is 0 Å². The van der Waals surface area contributed by atoms with Crippen LogP contribution in [0.4, 0.5) is 0 Å². The Kier molecular flexibility index (Phi) is 15.3. The summed E-state index contributed by atoms with van der Waals surface area (Å²) in [5.41, 5.74) is 0. The first kappa shape index (κ1) is 16.6. The van der Waals surface area contributed by atoms with Crippen LogP contribution in [0, 0.1) is 7.11 Å². The van der Waals surface area contributed by atoms with Crippen LogP contribution in [0.1, 0.15) is 0 Å². The monoisotopic (exact) mass is 251 g/mol. The molecule has 0 heterocycles. The Morgan fingerprint density at radius 3 is 1.29 bits per heavy atom. The van der Waals surface area contributed by atoms with Crippen molar-refractivity contribution in [2.75, 3.05) is 66.1 Å².